The molecular weight excluding hydrogens is 378 g/mol. The molecule has 0 saturated heterocycles. The van der Waals surface area contributed by atoms with Crippen molar-refractivity contribution in [3.05, 3.63) is 58.1 Å². The molecule has 0 spiro atoms. The maximum Gasteiger partial charge on any atom is 0.269 e. The zero-order valence-corrected chi connectivity index (χ0v) is 16.2. The Labute approximate surface area is 165 Å². The number of nitro benzene ring substituents is 1. The Morgan fingerprint density at radius 2 is 2.00 bits per heavy atom. The summed E-state index contributed by atoms with van der Waals surface area (Å²) >= 11 is 1.23. The van der Waals surface area contributed by atoms with Crippen molar-refractivity contribution in [1.29, 1.82) is 0 Å². The topological polar surface area (TPSA) is 110 Å². The minimum Gasteiger partial charge on any atom is -0.370 e. The summed E-state index contributed by atoms with van der Waals surface area (Å²) in [5.74, 6) is 0.631. The van der Waals surface area contributed by atoms with Crippen LogP contribution in [0.25, 0.3) is 10.9 Å². The van der Waals surface area contributed by atoms with E-state index >= 15 is 0 Å². The standard InChI is InChI=1S/C19H19N5O3S/c1-3-20-18-14-6-4-5-7-16(14)22-19(23-18)28-11-17(25)21-15-9-8-13(24(26)27)10-12(15)2/h4-10H,3,11H2,1-2H3,(H,21,25)(H,20,22,23). The van der Waals surface area contributed by atoms with Crippen LogP contribution >= 0.6 is 11.8 Å². The van der Waals surface area contributed by atoms with Gasteiger partial charge in [0.15, 0.2) is 5.16 Å². The van der Waals surface area contributed by atoms with Crippen molar-refractivity contribution in [2.75, 3.05) is 22.9 Å². The molecule has 3 rings (SSSR count). The second kappa shape index (κ2) is 8.66. The van der Waals surface area contributed by atoms with Crippen molar-refractivity contribution in [2.24, 2.45) is 0 Å². The number of nitrogens with zero attached hydrogens (tertiary/aromatic N) is 3. The number of nitrogens with one attached hydrogen (secondary N) is 2. The highest BCUT2D eigenvalue weighted by molar-refractivity contribution is 7.99. The van der Waals surface area contributed by atoms with E-state index in [4.69, 9.17) is 0 Å². The fourth-order valence-electron chi connectivity index (χ4n) is 2.64. The van der Waals surface area contributed by atoms with Crippen LogP contribution in [0.15, 0.2) is 47.6 Å². The number of rotatable bonds is 7. The molecule has 0 aliphatic heterocycles. The lowest BCUT2D eigenvalue weighted by molar-refractivity contribution is -0.384. The molecule has 0 unspecified atom stereocenters. The van der Waals surface area contributed by atoms with Crippen LogP contribution in [-0.2, 0) is 4.79 Å². The number of para-hydroxylation sites is 1. The lowest BCUT2D eigenvalue weighted by atomic mass is 10.2. The van der Waals surface area contributed by atoms with Crippen LogP contribution in [0.3, 0.4) is 0 Å². The number of carbonyl (C=O) groups is 1. The fraction of sp³-hybridized carbons (Fsp3) is 0.211. The first-order valence-electron chi connectivity index (χ1n) is 8.66. The molecule has 0 bridgehead atoms. The van der Waals surface area contributed by atoms with Gasteiger partial charge >= 0.3 is 0 Å². The van der Waals surface area contributed by atoms with Gasteiger partial charge in [0.2, 0.25) is 5.91 Å². The molecule has 0 aliphatic rings. The number of aromatic nitrogens is 2. The van der Waals surface area contributed by atoms with Crippen molar-refractivity contribution >= 4 is 45.8 Å². The number of nitro groups is 1. The number of fused-ring (bicyclic) bond motifs is 1. The highest BCUT2D eigenvalue weighted by Crippen LogP contribution is 2.25. The monoisotopic (exact) mass is 397 g/mol. The summed E-state index contributed by atoms with van der Waals surface area (Å²) in [6, 6.07) is 12.0. The van der Waals surface area contributed by atoms with Gasteiger partial charge in [-0.15, -0.1) is 0 Å². The van der Waals surface area contributed by atoms with E-state index in [-0.39, 0.29) is 17.3 Å². The molecule has 0 saturated carbocycles. The van der Waals surface area contributed by atoms with Gasteiger partial charge in [0, 0.05) is 29.8 Å². The van der Waals surface area contributed by atoms with E-state index in [1.165, 1.54) is 30.0 Å². The zero-order valence-electron chi connectivity index (χ0n) is 15.4. The Kier molecular flexibility index (Phi) is 6.05. The average molecular weight is 397 g/mol. The van der Waals surface area contributed by atoms with Gasteiger partial charge in [-0.1, -0.05) is 23.9 Å². The van der Waals surface area contributed by atoms with Gasteiger partial charge in [-0.05, 0) is 37.6 Å². The molecule has 1 heterocycles. The number of non-ortho nitro benzene ring substituents is 1. The van der Waals surface area contributed by atoms with Crippen molar-refractivity contribution in [3.63, 3.8) is 0 Å². The number of carbonyl (C=O) groups excluding carboxylic acids is 1. The van der Waals surface area contributed by atoms with Crippen LogP contribution in [0.1, 0.15) is 12.5 Å². The van der Waals surface area contributed by atoms with E-state index in [2.05, 4.69) is 20.6 Å². The summed E-state index contributed by atoms with van der Waals surface area (Å²) < 4.78 is 0. The highest BCUT2D eigenvalue weighted by Gasteiger charge is 2.12. The molecule has 9 heteroatoms. The molecule has 0 fully saturated rings. The molecule has 0 atom stereocenters. The van der Waals surface area contributed by atoms with Gasteiger partial charge in [0.25, 0.3) is 5.69 Å². The maximum atomic E-state index is 12.3. The molecule has 1 aromatic heterocycles. The Morgan fingerprint density at radius 3 is 2.71 bits per heavy atom. The summed E-state index contributed by atoms with van der Waals surface area (Å²) in [6.45, 7) is 4.43. The maximum absolute atomic E-state index is 12.3. The Balaban J connectivity index is 1.70. The van der Waals surface area contributed by atoms with Gasteiger partial charge in [-0.25, -0.2) is 9.97 Å². The fourth-order valence-corrected chi connectivity index (χ4v) is 3.29. The third kappa shape index (κ3) is 4.55. The molecule has 2 aromatic carbocycles. The predicted octanol–water partition coefficient (Wildman–Crippen LogP) is 4.01. The van der Waals surface area contributed by atoms with Gasteiger partial charge in [-0.2, -0.15) is 0 Å². The molecule has 0 radical (unpaired) electrons. The number of amides is 1. The van der Waals surface area contributed by atoms with E-state index in [0.717, 1.165) is 23.3 Å². The van der Waals surface area contributed by atoms with Gasteiger partial charge in [0.1, 0.15) is 5.82 Å². The SMILES string of the molecule is CCNc1nc(SCC(=O)Nc2ccc([N+](=O)[O-])cc2C)nc2ccccc12. The lowest BCUT2D eigenvalue weighted by Gasteiger charge is -2.10. The van der Waals surface area contributed by atoms with E-state index in [0.29, 0.717) is 16.4 Å². The molecule has 8 nitrogen and oxygen atoms in total. The largest absolute Gasteiger partial charge is 0.370 e. The molecule has 3 aromatic rings. The predicted molar refractivity (Wildman–Crippen MR) is 111 cm³/mol. The molecular formula is C19H19N5O3S. The van der Waals surface area contributed by atoms with Crippen LogP contribution in [0.2, 0.25) is 0 Å². The van der Waals surface area contributed by atoms with Crippen molar-refractivity contribution in [1.82, 2.24) is 9.97 Å². The van der Waals surface area contributed by atoms with Crippen LogP contribution in [-0.4, -0.2) is 33.1 Å². The van der Waals surface area contributed by atoms with Gasteiger partial charge in [0.05, 0.1) is 16.2 Å². The van der Waals surface area contributed by atoms with Gasteiger partial charge in [-0.3, -0.25) is 14.9 Å². The first-order valence-corrected chi connectivity index (χ1v) is 9.65. The number of hydrogen-bond acceptors (Lipinski definition) is 7. The van der Waals surface area contributed by atoms with Crippen molar-refractivity contribution in [3.8, 4) is 0 Å². The Hall–Kier alpha value is -3.20. The number of thioether (sulfide) groups is 1. The molecule has 2 N–H and O–H groups in total. The minimum absolute atomic E-state index is 0.00890. The molecule has 0 aliphatic carbocycles. The quantitative estimate of drug-likeness (QED) is 0.268. The third-order valence-corrected chi connectivity index (χ3v) is 4.80. The number of aryl methyl sites for hydroxylation is 1. The third-order valence-electron chi connectivity index (χ3n) is 3.95. The van der Waals surface area contributed by atoms with E-state index in [9.17, 15) is 14.9 Å². The molecule has 1 amide bonds. The summed E-state index contributed by atoms with van der Waals surface area (Å²) in [6.07, 6.45) is 0. The van der Waals surface area contributed by atoms with Crippen molar-refractivity contribution < 1.29 is 9.72 Å². The zero-order chi connectivity index (χ0) is 20.1. The summed E-state index contributed by atoms with van der Waals surface area (Å²) in [4.78, 5) is 31.6. The van der Waals surface area contributed by atoms with E-state index in [1.54, 1.807) is 6.92 Å². The number of anilines is 2. The van der Waals surface area contributed by atoms with Crippen LogP contribution in [0, 0.1) is 17.0 Å². The van der Waals surface area contributed by atoms with E-state index in [1.807, 2.05) is 31.2 Å². The number of benzene rings is 2. The Bertz CT molecular complexity index is 1040. The second-order valence-electron chi connectivity index (χ2n) is 6.00. The van der Waals surface area contributed by atoms with E-state index < -0.39 is 4.92 Å². The van der Waals surface area contributed by atoms with Crippen LogP contribution in [0.5, 0.6) is 0 Å². The lowest BCUT2D eigenvalue weighted by Crippen LogP contribution is -2.15. The van der Waals surface area contributed by atoms with Crippen LogP contribution < -0.4 is 10.6 Å². The first-order chi connectivity index (χ1) is 13.5. The van der Waals surface area contributed by atoms with Gasteiger partial charge < -0.3 is 10.6 Å². The minimum atomic E-state index is -0.465. The molecule has 144 valence electrons. The smallest absolute Gasteiger partial charge is 0.269 e. The highest BCUT2D eigenvalue weighted by atomic mass is 32.2. The van der Waals surface area contributed by atoms with Crippen LogP contribution in [0.4, 0.5) is 17.2 Å². The first kappa shape index (κ1) is 19.6. The Morgan fingerprint density at radius 1 is 1.21 bits per heavy atom. The van der Waals surface area contributed by atoms with Crippen molar-refractivity contribution in [2.45, 2.75) is 19.0 Å². The number of hydrogen-bond donors (Lipinski definition) is 2. The average Bonchev–Trinajstić information content (AvgIpc) is 2.68. The molecule has 28 heavy (non-hydrogen) atoms. The summed E-state index contributed by atoms with van der Waals surface area (Å²) in [7, 11) is 0. The summed E-state index contributed by atoms with van der Waals surface area (Å²) in [5.41, 5.74) is 1.97. The normalized spacial score (nSPS) is 10.6. The second-order valence-corrected chi connectivity index (χ2v) is 6.94. The summed E-state index contributed by atoms with van der Waals surface area (Å²) in [5, 5.41) is 18.2.